The Labute approximate surface area is 107 Å². The minimum absolute atomic E-state index is 0.0623. The van der Waals surface area contributed by atoms with Crippen LogP contribution in [0.4, 0.5) is 5.69 Å². The van der Waals surface area contributed by atoms with Gasteiger partial charge in [0.25, 0.3) is 5.91 Å². The van der Waals surface area contributed by atoms with E-state index in [1.807, 2.05) is 0 Å². The largest absolute Gasteiger partial charge is 0.505 e. The molecule has 4 nitrogen and oxygen atoms in total. The van der Waals surface area contributed by atoms with Crippen LogP contribution in [-0.2, 0) is 0 Å². The van der Waals surface area contributed by atoms with E-state index in [2.05, 4.69) is 5.32 Å². The molecule has 0 unspecified atom stereocenters. The summed E-state index contributed by atoms with van der Waals surface area (Å²) in [5.74, 6) is -0.470. The Kier molecular flexibility index (Phi) is 3.26. The molecule has 1 amide bonds. The van der Waals surface area contributed by atoms with Gasteiger partial charge in [0, 0.05) is 5.69 Å². The van der Waals surface area contributed by atoms with Crippen LogP contribution in [-0.4, -0.2) is 11.0 Å². The third-order valence-electron chi connectivity index (χ3n) is 2.02. The van der Waals surface area contributed by atoms with Crippen molar-refractivity contribution in [2.24, 2.45) is 0 Å². The molecule has 1 aromatic heterocycles. The Morgan fingerprint density at radius 1 is 1.29 bits per heavy atom. The first-order valence-corrected chi connectivity index (χ1v) is 5.36. The van der Waals surface area contributed by atoms with E-state index < -0.39 is 5.91 Å². The molecule has 0 bridgehead atoms. The molecule has 1 heterocycles. The maximum absolute atomic E-state index is 11.6. The maximum atomic E-state index is 11.6. The monoisotopic (exact) mass is 271 g/mol. The van der Waals surface area contributed by atoms with Gasteiger partial charge < -0.3 is 14.8 Å². The second-order valence-corrected chi connectivity index (χ2v) is 4.03. The van der Waals surface area contributed by atoms with E-state index in [-0.39, 0.29) is 21.6 Å². The van der Waals surface area contributed by atoms with Crippen molar-refractivity contribution in [2.45, 2.75) is 0 Å². The summed E-state index contributed by atoms with van der Waals surface area (Å²) >= 11 is 11.4. The molecular formula is C11H7Cl2NO3. The number of hydrogen-bond donors (Lipinski definition) is 2. The number of aromatic hydroxyl groups is 1. The summed E-state index contributed by atoms with van der Waals surface area (Å²) in [7, 11) is 0. The summed E-state index contributed by atoms with van der Waals surface area (Å²) in [6, 6.07) is 5.91. The quantitative estimate of drug-likeness (QED) is 0.822. The number of amides is 1. The summed E-state index contributed by atoms with van der Waals surface area (Å²) < 4.78 is 4.92. The lowest BCUT2D eigenvalue weighted by molar-refractivity contribution is 0.0996. The average Bonchev–Trinajstić information content (AvgIpc) is 2.79. The molecule has 0 spiro atoms. The van der Waals surface area contributed by atoms with Crippen LogP contribution in [0.5, 0.6) is 5.75 Å². The first-order valence-electron chi connectivity index (χ1n) is 4.61. The molecule has 88 valence electrons. The van der Waals surface area contributed by atoms with E-state index in [4.69, 9.17) is 27.6 Å². The standard InChI is InChI=1S/C11H7Cl2NO3/c12-7-4-6(5-8(13)10(7)15)14-11(16)9-2-1-3-17-9/h1-5,15H,(H,14,16). The number of nitrogens with one attached hydrogen (secondary N) is 1. The molecule has 17 heavy (non-hydrogen) atoms. The van der Waals surface area contributed by atoms with Gasteiger partial charge in [-0.3, -0.25) is 4.79 Å². The molecule has 0 fully saturated rings. The van der Waals surface area contributed by atoms with Crippen LogP contribution in [0, 0.1) is 0 Å². The molecule has 6 heteroatoms. The minimum Gasteiger partial charge on any atom is -0.505 e. The number of carbonyl (C=O) groups excluding carboxylic acids is 1. The van der Waals surface area contributed by atoms with Crippen LogP contribution in [0.15, 0.2) is 34.9 Å². The zero-order valence-electron chi connectivity index (χ0n) is 8.41. The lowest BCUT2D eigenvalue weighted by Crippen LogP contribution is -2.10. The molecule has 0 aliphatic heterocycles. The van der Waals surface area contributed by atoms with Gasteiger partial charge in [-0.05, 0) is 24.3 Å². The third kappa shape index (κ3) is 2.54. The first-order chi connectivity index (χ1) is 8.08. The van der Waals surface area contributed by atoms with Gasteiger partial charge in [0.1, 0.15) is 0 Å². The third-order valence-corrected chi connectivity index (χ3v) is 2.60. The number of rotatable bonds is 2. The molecule has 0 aliphatic rings. The van der Waals surface area contributed by atoms with Crippen molar-refractivity contribution in [3.05, 3.63) is 46.3 Å². The zero-order chi connectivity index (χ0) is 12.4. The summed E-state index contributed by atoms with van der Waals surface area (Å²) in [6.07, 6.45) is 1.39. The molecule has 2 N–H and O–H groups in total. The van der Waals surface area contributed by atoms with Crippen LogP contribution in [0.1, 0.15) is 10.6 Å². The lowest BCUT2D eigenvalue weighted by atomic mass is 10.3. The SMILES string of the molecule is O=C(Nc1cc(Cl)c(O)c(Cl)c1)c1ccco1. The molecule has 0 aliphatic carbocycles. The second kappa shape index (κ2) is 4.69. The summed E-state index contributed by atoms with van der Waals surface area (Å²) in [6.45, 7) is 0. The molecular weight excluding hydrogens is 265 g/mol. The van der Waals surface area contributed by atoms with Gasteiger partial charge >= 0.3 is 0 Å². The van der Waals surface area contributed by atoms with Gasteiger partial charge in [-0.25, -0.2) is 0 Å². The molecule has 0 saturated carbocycles. The Morgan fingerprint density at radius 3 is 2.47 bits per heavy atom. The molecule has 2 aromatic rings. The normalized spacial score (nSPS) is 10.2. The number of furan rings is 1. The van der Waals surface area contributed by atoms with Crippen LogP contribution >= 0.6 is 23.2 Å². The van der Waals surface area contributed by atoms with E-state index in [9.17, 15) is 9.90 Å². The molecule has 0 atom stereocenters. The van der Waals surface area contributed by atoms with Crippen molar-refractivity contribution >= 4 is 34.8 Å². The van der Waals surface area contributed by atoms with Crippen LogP contribution < -0.4 is 5.32 Å². The van der Waals surface area contributed by atoms with Gasteiger partial charge in [-0.1, -0.05) is 23.2 Å². The number of halogens is 2. The fraction of sp³-hybridized carbons (Fsp3) is 0. The highest BCUT2D eigenvalue weighted by Gasteiger charge is 2.11. The van der Waals surface area contributed by atoms with Crippen LogP contribution in [0.3, 0.4) is 0 Å². The molecule has 2 rings (SSSR count). The summed E-state index contributed by atoms with van der Waals surface area (Å²) in [4.78, 5) is 11.6. The lowest BCUT2D eigenvalue weighted by Gasteiger charge is -2.06. The van der Waals surface area contributed by atoms with E-state index in [1.54, 1.807) is 6.07 Å². The van der Waals surface area contributed by atoms with E-state index in [1.165, 1.54) is 24.5 Å². The van der Waals surface area contributed by atoms with Crippen molar-refractivity contribution in [2.75, 3.05) is 5.32 Å². The number of benzene rings is 1. The van der Waals surface area contributed by atoms with Gasteiger partial charge in [0.05, 0.1) is 16.3 Å². The number of phenolic OH excluding ortho intramolecular Hbond substituents is 1. The number of phenols is 1. The van der Waals surface area contributed by atoms with Gasteiger partial charge in [0.15, 0.2) is 11.5 Å². The Hall–Kier alpha value is -1.65. The predicted octanol–water partition coefficient (Wildman–Crippen LogP) is 3.54. The van der Waals surface area contributed by atoms with Gasteiger partial charge in [-0.15, -0.1) is 0 Å². The van der Waals surface area contributed by atoms with Crippen LogP contribution in [0.25, 0.3) is 0 Å². The van der Waals surface area contributed by atoms with Crippen molar-refractivity contribution < 1.29 is 14.3 Å². The van der Waals surface area contributed by atoms with Gasteiger partial charge in [0.2, 0.25) is 0 Å². The predicted molar refractivity (Wildman–Crippen MR) is 64.8 cm³/mol. The molecule has 0 saturated heterocycles. The first kappa shape index (κ1) is 11.8. The van der Waals surface area contributed by atoms with Crippen molar-refractivity contribution in [3.8, 4) is 5.75 Å². The van der Waals surface area contributed by atoms with Gasteiger partial charge in [-0.2, -0.15) is 0 Å². The maximum Gasteiger partial charge on any atom is 0.291 e. The fourth-order valence-electron chi connectivity index (χ4n) is 1.24. The Bertz CT molecular complexity index is 529. The highest BCUT2D eigenvalue weighted by atomic mass is 35.5. The van der Waals surface area contributed by atoms with Crippen molar-refractivity contribution in [3.63, 3.8) is 0 Å². The average molecular weight is 272 g/mol. The van der Waals surface area contributed by atoms with E-state index in [0.29, 0.717) is 5.69 Å². The summed E-state index contributed by atoms with van der Waals surface area (Å²) in [5.41, 5.74) is 0.374. The summed E-state index contributed by atoms with van der Waals surface area (Å²) in [5, 5.41) is 12.0. The number of hydrogen-bond acceptors (Lipinski definition) is 3. The Morgan fingerprint density at radius 2 is 1.94 bits per heavy atom. The second-order valence-electron chi connectivity index (χ2n) is 3.22. The zero-order valence-corrected chi connectivity index (χ0v) is 9.92. The van der Waals surface area contributed by atoms with Crippen molar-refractivity contribution in [1.29, 1.82) is 0 Å². The highest BCUT2D eigenvalue weighted by molar-refractivity contribution is 6.37. The Balaban J connectivity index is 2.22. The highest BCUT2D eigenvalue weighted by Crippen LogP contribution is 2.34. The van der Waals surface area contributed by atoms with Crippen LogP contribution in [0.2, 0.25) is 10.0 Å². The molecule has 0 radical (unpaired) electrons. The number of carbonyl (C=O) groups is 1. The topological polar surface area (TPSA) is 62.5 Å². The smallest absolute Gasteiger partial charge is 0.291 e. The van der Waals surface area contributed by atoms with E-state index in [0.717, 1.165) is 0 Å². The number of anilines is 1. The molecule has 1 aromatic carbocycles. The minimum atomic E-state index is -0.423. The van der Waals surface area contributed by atoms with Crippen molar-refractivity contribution in [1.82, 2.24) is 0 Å². The van der Waals surface area contributed by atoms with E-state index >= 15 is 0 Å². The fourth-order valence-corrected chi connectivity index (χ4v) is 1.73.